The molecule has 4 nitrogen and oxygen atoms in total. The van der Waals surface area contributed by atoms with Crippen LogP contribution in [0, 0.1) is 23.7 Å². The molecule has 1 aliphatic heterocycles. The standard InChI is InChI=1S/C22H22N2O2S/c1-23(2)13-5-7-17-9-11-19-20-12-10-18(8-6-14-24(3)4)16-22(20)27(25,26)21(19)15-17/h9-12,15-16H,13-14H2,1-4H3. The zero-order valence-corrected chi connectivity index (χ0v) is 16.8. The lowest BCUT2D eigenvalue weighted by Gasteiger charge is -2.02. The summed E-state index contributed by atoms with van der Waals surface area (Å²) in [5.74, 6) is 12.2. The summed E-state index contributed by atoms with van der Waals surface area (Å²) >= 11 is 0. The third-order valence-corrected chi connectivity index (χ3v) is 5.92. The van der Waals surface area contributed by atoms with Gasteiger partial charge in [-0.3, -0.25) is 9.80 Å². The molecule has 138 valence electrons. The van der Waals surface area contributed by atoms with Crippen molar-refractivity contribution in [2.75, 3.05) is 41.3 Å². The lowest BCUT2D eigenvalue weighted by atomic mass is 10.0. The molecular weight excluding hydrogens is 356 g/mol. The van der Waals surface area contributed by atoms with E-state index in [1.165, 1.54) is 0 Å². The Morgan fingerprint density at radius 1 is 0.741 bits per heavy atom. The molecule has 0 aromatic heterocycles. The van der Waals surface area contributed by atoms with Crippen LogP contribution in [0.3, 0.4) is 0 Å². The average molecular weight is 378 g/mol. The van der Waals surface area contributed by atoms with Gasteiger partial charge in [0.15, 0.2) is 0 Å². The summed E-state index contributed by atoms with van der Waals surface area (Å²) in [5, 5.41) is 0. The van der Waals surface area contributed by atoms with Gasteiger partial charge in [0.05, 0.1) is 22.9 Å². The maximum atomic E-state index is 13.0. The Morgan fingerprint density at radius 2 is 1.15 bits per heavy atom. The van der Waals surface area contributed by atoms with E-state index in [9.17, 15) is 8.42 Å². The fraction of sp³-hybridized carbons (Fsp3) is 0.273. The number of rotatable bonds is 2. The van der Waals surface area contributed by atoms with Gasteiger partial charge >= 0.3 is 0 Å². The van der Waals surface area contributed by atoms with Gasteiger partial charge in [-0.2, -0.15) is 0 Å². The molecule has 2 aromatic carbocycles. The second kappa shape index (κ2) is 7.58. The molecule has 0 fully saturated rings. The molecule has 0 atom stereocenters. The second-order valence-corrected chi connectivity index (χ2v) is 8.89. The Labute approximate surface area is 161 Å². The van der Waals surface area contributed by atoms with Crippen molar-refractivity contribution in [1.29, 1.82) is 0 Å². The van der Waals surface area contributed by atoms with Gasteiger partial charge in [-0.1, -0.05) is 35.8 Å². The Bertz CT molecular complexity index is 1020. The smallest absolute Gasteiger partial charge is 0.207 e. The first-order valence-electron chi connectivity index (χ1n) is 8.60. The fourth-order valence-corrected chi connectivity index (χ4v) is 4.54. The van der Waals surface area contributed by atoms with Crippen LogP contribution in [0.15, 0.2) is 46.2 Å². The molecule has 0 aliphatic carbocycles. The van der Waals surface area contributed by atoms with E-state index in [4.69, 9.17) is 0 Å². The summed E-state index contributed by atoms with van der Waals surface area (Å²) in [6.07, 6.45) is 0. The third kappa shape index (κ3) is 4.07. The Kier molecular flexibility index (Phi) is 5.39. The number of sulfone groups is 1. The van der Waals surface area contributed by atoms with E-state index in [0.717, 1.165) is 11.1 Å². The van der Waals surface area contributed by atoms with Crippen molar-refractivity contribution in [1.82, 2.24) is 9.80 Å². The summed E-state index contributed by atoms with van der Waals surface area (Å²) in [6, 6.07) is 10.8. The van der Waals surface area contributed by atoms with Gasteiger partial charge in [0.25, 0.3) is 0 Å². The van der Waals surface area contributed by atoms with Gasteiger partial charge in [0, 0.05) is 22.3 Å². The van der Waals surface area contributed by atoms with Crippen molar-refractivity contribution in [2.24, 2.45) is 0 Å². The zero-order chi connectivity index (χ0) is 19.6. The van der Waals surface area contributed by atoms with Crippen LogP contribution >= 0.6 is 0 Å². The van der Waals surface area contributed by atoms with Gasteiger partial charge < -0.3 is 0 Å². The lowest BCUT2D eigenvalue weighted by Crippen LogP contribution is -2.10. The summed E-state index contributed by atoms with van der Waals surface area (Å²) in [6.45, 7) is 1.25. The van der Waals surface area contributed by atoms with Crippen LogP contribution in [-0.2, 0) is 9.84 Å². The molecule has 0 amide bonds. The van der Waals surface area contributed by atoms with E-state index < -0.39 is 9.84 Å². The van der Waals surface area contributed by atoms with E-state index in [2.05, 4.69) is 23.7 Å². The fourth-order valence-electron chi connectivity index (χ4n) is 2.81. The Balaban J connectivity index is 1.99. The van der Waals surface area contributed by atoms with Gasteiger partial charge in [-0.05, 0) is 52.5 Å². The first kappa shape index (κ1) is 19.2. The van der Waals surface area contributed by atoms with Crippen molar-refractivity contribution in [2.45, 2.75) is 9.79 Å². The van der Waals surface area contributed by atoms with Crippen LogP contribution in [0.2, 0.25) is 0 Å². The van der Waals surface area contributed by atoms with E-state index in [0.29, 0.717) is 34.0 Å². The van der Waals surface area contributed by atoms with Crippen molar-refractivity contribution < 1.29 is 8.42 Å². The normalized spacial score (nSPS) is 13.4. The first-order valence-corrected chi connectivity index (χ1v) is 10.1. The highest BCUT2D eigenvalue weighted by atomic mass is 32.2. The van der Waals surface area contributed by atoms with Gasteiger partial charge in [-0.15, -0.1) is 0 Å². The average Bonchev–Trinajstić information content (AvgIpc) is 2.82. The van der Waals surface area contributed by atoms with Crippen molar-refractivity contribution >= 4 is 9.84 Å². The summed E-state index contributed by atoms with van der Waals surface area (Å²) < 4.78 is 26.1. The predicted molar refractivity (Wildman–Crippen MR) is 108 cm³/mol. The molecule has 0 unspecified atom stereocenters. The van der Waals surface area contributed by atoms with Crippen LogP contribution in [0.5, 0.6) is 0 Å². The third-order valence-electron chi connectivity index (χ3n) is 4.09. The molecule has 27 heavy (non-hydrogen) atoms. The number of fused-ring (bicyclic) bond motifs is 3. The van der Waals surface area contributed by atoms with Gasteiger partial charge in [0.1, 0.15) is 0 Å². The van der Waals surface area contributed by atoms with Crippen LogP contribution in [0.25, 0.3) is 11.1 Å². The molecular formula is C22H22N2O2S. The SMILES string of the molecule is CN(C)CC#Cc1ccc2c(c1)S(=O)(=O)c1cc(C#CCN(C)C)ccc1-2. The first-order chi connectivity index (χ1) is 12.8. The molecule has 0 spiro atoms. The summed E-state index contributed by atoms with van der Waals surface area (Å²) in [7, 11) is 4.22. The maximum absolute atomic E-state index is 13.0. The monoisotopic (exact) mass is 378 g/mol. The number of hydrogen-bond donors (Lipinski definition) is 0. The van der Waals surface area contributed by atoms with Crippen LogP contribution < -0.4 is 0 Å². The van der Waals surface area contributed by atoms with Gasteiger partial charge in [0.2, 0.25) is 9.84 Å². The maximum Gasteiger partial charge on any atom is 0.207 e. The molecule has 0 bridgehead atoms. The summed E-state index contributed by atoms with van der Waals surface area (Å²) in [4.78, 5) is 4.58. The van der Waals surface area contributed by atoms with E-state index >= 15 is 0 Å². The molecule has 1 heterocycles. The van der Waals surface area contributed by atoms with E-state index in [1.54, 1.807) is 12.1 Å². The molecule has 3 rings (SSSR count). The van der Waals surface area contributed by atoms with Crippen molar-refractivity contribution in [3.05, 3.63) is 47.5 Å². The molecule has 0 saturated heterocycles. The minimum absolute atomic E-state index is 0.326. The second-order valence-electron chi connectivity index (χ2n) is 7.00. The molecule has 0 N–H and O–H groups in total. The summed E-state index contributed by atoms with van der Waals surface area (Å²) in [5.41, 5.74) is 2.88. The quantitative estimate of drug-likeness (QED) is 0.642. The Hall–Kier alpha value is -2.57. The minimum Gasteiger partial charge on any atom is -0.299 e. The molecule has 5 heteroatoms. The Morgan fingerprint density at radius 3 is 1.52 bits per heavy atom. The van der Waals surface area contributed by atoms with Crippen molar-refractivity contribution in [3.8, 4) is 34.8 Å². The van der Waals surface area contributed by atoms with Crippen LogP contribution in [0.1, 0.15) is 11.1 Å². The molecule has 1 aliphatic rings. The number of nitrogens with zero attached hydrogens (tertiary/aromatic N) is 2. The minimum atomic E-state index is -3.55. The van der Waals surface area contributed by atoms with Gasteiger partial charge in [-0.25, -0.2) is 8.42 Å². The number of hydrogen-bond acceptors (Lipinski definition) is 4. The number of benzene rings is 2. The molecule has 2 aromatic rings. The predicted octanol–water partition coefficient (Wildman–Crippen LogP) is 2.33. The molecule has 0 radical (unpaired) electrons. The van der Waals surface area contributed by atoms with E-state index in [1.807, 2.05) is 62.3 Å². The molecule has 0 saturated carbocycles. The highest BCUT2D eigenvalue weighted by Crippen LogP contribution is 2.43. The topological polar surface area (TPSA) is 40.6 Å². The zero-order valence-electron chi connectivity index (χ0n) is 16.0. The largest absolute Gasteiger partial charge is 0.299 e. The van der Waals surface area contributed by atoms with Crippen molar-refractivity contribution in [3.63, 3.8) is 0 Å². The highest BCUT2D eigenvalue weighted by molar-refractivity contribution is 7.92. The van der Waals surface area contributed by atoms with E-state index in [-0.39, 0.29) is 0 Å². The highest BCUT2D eigenvalue weighted by Gasteiger charge is 2.33. The van der Waals surface area contributed by atoms with Crippen LogP contribution in [0.4, 0.5) is 0 Å². The lowest BCUT2D eigenvalue weighted by molar-refractivity contribution is 0.464. The van der Waals surface area contributed by atoms with Crippen LogP contribution in [-0.4, -0.2) is 59.5 Å².